The van der Waals surface area contributed by atoms with Crippen molar-refractivity contribution in [3.63, 3.8) is 0 Å². The highest BCUT2D eigenvalue weighted by atomic mass is 19.4. The number of aromatic nitrogens is 1. The van der Waals surface area contributed by atoms with Gasteiger partial charge in [-0.25, -0.2) is 14.4 Å². The summed E-state index contributed by atoms with van der Waals surface area (Å²) in [5.41, 5.74) is 2.35. The van der Waals surface area contributed by atoms with Crippen molar-refractivity contribution in [1.29, 1.82) is 0 Å². The van der Waals surface area contributed by atoms with Crippen LogP contribution in [0.5, 0.6) is 0 Å². The monoisotopic (exact) mass is 574 g/mol. The first-order valence-electron chi connectivity index (χ1n) is 11.7. The van der Waals surface area contributed by atoms with Crippen LogP contribution in [0.3, 0.4) is 0 Å². The maximum Gasteiger partial charge on any atom is 0.490 e. The van der Waals surface area contributed by atoms with Crippen LogP contribution >= 0.6 is 0 Å². The van der Waals surface area contributed by atoms with Gasteiger partial charge < -0.3 is 25.2 Å². The van der Waals surface area contributed by atoms with Crippen LogP contribution in [-0.2, 0) is 20.9 Å². The zero-order valence-electron chi connectivity index (χ0n) is 21.6. The lowest BCUT2D eigenvalue weighted by Crippen LogP contribution is -2.54. The van der Waals surface area contributed by atoms with Crippen molar-refractivity contribution in [3.05, 3.63) is 29.6 Å². The standard InChI is InChI=1S/C19H30N4O2.2C2HF3O2/c1-15-5-4-9-20-17(15)14-23-10-7-19(8-11-23)13-16(6-12-25-19)21-18(24)22(2)3;2*3-2(4,5)1(6)7/h4-5,9,16H,6-8,10-14H2,1-3H3,(H,21,24);2*(H,6,7). The van der Waals surface area contributed by atoms with E-state index in [2.05, 4.69) is 28.2 Å². The van der Waals surface area contributed by atoms with Crippen molar-refractivity contribution in [2.75, 3.05) is 33.8 Å². The molecule has 1 atom stereocenters. The lowest BCUT2D eigenvalue weighted by Gasteiger charge is -2.46. The highest BCUT2D eigenvalue weighted by Crippen LogP contribution is 2.35. The molecule has 10 nitrogen and oxygen atoms in total. The number of carboxylic acid groups (broad SMARTS) is 2. The summed E-state index contributed by atoms with van der Waals surface area (Å²) in [4.78, 5) is 38.3. The van der Waals surface area contributed by atoms with Crippen LogP contribution < -0.4 is 5.32 Å². The van der Waals surface area contributed by atoms with E-state index in [9.17, 15) is 31.1 Å². The molecule has 1 aromatic rings. The Labute approximate surface area is 220 Å². The fraction of sp³-hybridized carbons (Fsp3) is 0.652. The number of carbonyl (C=O) groups excluding carboxylic acids is 1. The average molecular weight is 575 g/mol. The van der Waals surface area contributed by atoms with Crippen molar-refractivity contribution in [2.24, 2.45) is 0 Å². The number of piperidine rings is 1. The number of aryl methyl sites for hydroxylation is 1. The van der Waals surface area contributed by atoms with E-state index in [0.717, 1.165) is 51.9 Å². The van der Waals surface area contributed by atoms with Gasteiger partial charge in [-0.1, -0.05) is 6.07 Å². The van der Waals surface area contributed by atoms with E-state index in [1.54, 1.807) is 19.0 Å². The number of likely N-dealkylation sites (tertiary alicyclic amines) is 1. The van der Waals surface area contributed by atoms with Crippen LogP contribution in [0.2, 0.25) is 0 Å². The van der Waals surface area contributed by atoms with E-state index in [4.69, 9.17) is 24.5 Å². The molecule has 0 bridgehead atoms. The van der Waals surface area contributed by atoms with Gasteiger partial charge in [0.1, 0.15) is 0 Å². The Kier molecular flexibility index (Phi) is 12.4. The number of hydrogen-bond donors (Lipinski definition) is 3. The van der Waals surface area contributed by atoms with Crippen molar-refractivity contribution >= 4 is 18.0 Å². The number of hydrogen-bond acceptors (Lipinski definition) is 6. The van der Waals surface area contributed by atoms with Crippen molar-refractivity contribution in [3.8, 4) is 0 Å². The van der Waals surface area contributed by atoms with Crippen molar-refractivity contribution in [1.82, 2.24) is 20.1 Å². The van der Waals surface area contributed by atoms with E-state index in [1.165, 1.54) is 11.3 Å². The van der Waals surface area contributed by atoms with Gasteiger partial charge in [0, 0.05) is 52.6 Å². The van der Waals surface area contributed by atoms with Gasteiger partial charge in [-0.2, -0.15) is 26.3 Å². The third kappa shape index (κ3) is 12.1. The molecule has 3 heterocycles. The number of halogens is 6. The molecule has 2 saturated heterocycles. The van der Waals surface area contributed by atoms with Gasteiger partial charge in [0.25, 0.3) is 0 Å². The summed E-state index contributed by atoms with van der Waals surface area (Å²) < 4.78 is 69.7. The Morgan fingerprint density at radius 1 is 1.10 bits per heavy atom. The first-order chi connectivity index (χ1) is 17.9. The minimum atomic E-state index is -5.08. The molecule has 16 heteroatoms. The predicted molar refractivity (Wildman–Crippen MR) is 125 cm³/mol. The van der Waals surface area contributed by atoms with Gasteiger partial charge in [0.15, 0.2) is 0 Å². The number of amides is 2. The lowest BCUT2D eigenvalue weighted by atomic mass is 9.82. The number of carboxylic acids is 2. The number of urea groups is 1. The SMILES string of the molecule is Cc1cccnc1CN1CCC2(CC1)CC(NC(=O)N(C)C)CCO2.O=C(O)C(F)(F)F.O=C(O)C(F)(F)F. The van der Waals surface area contributed by atoms with Crippen molar-refractivity contribution in [2.45, 2.75) is 63.1 Å². The highest BCUT2D eigenvalue weighted by Gasteiger charge is 2.41. The Morgan fingerprint density at radius 2 is 1.62 bits per heavy atom. The molecule has 1 unspecified atom stereocenters. The van der Waals surface area contributed by atoms with Crippen molar-refractivity contribution < 1.29 is 55.7 Å². The molecule has 0 aromatic carbocycles. The zero-order chi connectivity index (χ0) is 30.0. The third-order valence-electron chi connectivity index (χ3n) is 5.97. The summed E-state index contributed by atoms with van der Waals surface area (Å²) in [6, 6.07) is 4.32. The Balaban J connectivity index is 0.000000449. The fourth-order valence-electron chi connectivity index (χ4n) is 3.82. The second-order valence-electron chi connectivity index (χ2n) is 9.21. The lowest BCUT2D eigenvalue weighted by molar-refractivity contribution is -0.193. The Bertz CT molecular complexity index is 941. The number of aliphatic carboxylic acids is 2. The molecular weight excluding hydrogens is 542 g/mol. The molecule has 1 spiro atoms. The summed E-state index contributed by atoms with van der Waals surface area (Å²) in [5.74, 6) is -5.51. The zero-order valence-corrected chi connectivity index (χ0v) is 21.6. The molecule has 2 amide bonds. The molecule has 2 aliphatic heterocycles. The molecule has 3 rings (SSSR count). The molecule has 2 aliphatic rings. The maximum absolute atomic E-state index is 11.9. The van der Waals surface area contributed by atoms with Crippen LogP contribution in [0.25, 0.3) is 0 Å². The molecule has 2 fully saturated rings. The number of nitrogens with zero attached hydrogens (tertiary/aromatic N) is 3. The second-order valence-corrected chi connectivity index (χ2v) is 9.21. The normalized spacial score (nSPS) is 19.1. The van der Waals surface area contributed by atoms with Gasteiger partial charge in [-0.3, -0.25) is 9.88 Å². The number of pyridine rings is 1. The smallest absolute Gasteiger partial charge is 0.475 e. The van der Waals surface area contributed by atoms with Crippen LogP contribution in [0.15, 0.2) is 18.3 Å². The Hall–Kier alpha value is -3.14. The summed E-state index contributed by atoms with van der Waals surface area (Å²) >= 11 is 0. The van der Waals surface area contributed by atoms with Gasteiger partial charge in [0.2, 0.25) is 0 Å². The molecule has 0 aliphatic carbocycles. The quantitative estimate of drug-likeness (QED) is 0.468. The highest BCUT2D eigenvalue weighted by molar-refractivity contribution is 5.74. The number of nitrogens with one attached hydrogen (secondary N) is 1. The predicted octanol–water partition coefficient (Wildman–Crippen LogP) is 3.44. The summed E-state index contributed by atoms with van der Waals surface area (Å²) in [6.45, 7) is 5.80. The van der Waals surface area contributed by atoms with Gasteiger partial charge in [0.05, 0.1) is 11.3 Å². The Morgan fingerprint density at radius 3 is 2.05 bits per heavy atom. The topological polar surface area (TPSA) is 132 Å². The third-order valence-corrected chi connectivity index (χ3v) is 5.97. The number of ether oxygens (including phenoxy) is 1. The first-order valence-corrected chi connectivity index (χ1v) is 11.7. The summed E-state index contributed by atoms with van der Waals surface area (Å²) in [5, 5.41) is 17.4. The molecule has 1 aromatic heterocycles. The maximum atomic E-state index is 11.9. The van der Waals surface area contributed by atoms with Crippen LogP contribution in [0.4, 0.5) is 31.1 Å². The van der Waals surface area contributed by atoms with Crippen LogP contribution in [-0.4, -0.2) is 101 Å². The number of alkyl halides is 6. The van der Waals surface area contributed by atoms with E-state index in [1.807, 2.05) is 12.3 Å². The van der Waals surface area contributed by atoms with Gasteiger partial charge in [-0.05, 0) is 44.2 Å². The molecule has 0 saturated carbocycles. The van der Waals surface area contributed by atoms with Crippen LogP contribution in [0.1, 0.15) is 36.9 Å². The van der Waals surface area contributed by atoms with Crippen LogP contribution in [0, 0.1) is 6.92 Å². The minimum Gasteiger partial charge on any atom is -0.475 e. The van der Waals surface area contributed by atoms with E-state index < -0.39 is 24.3 Å². The minimum absolute atomic E-state index is 0.00915. The molecule has 0 radical (unpaired) electrons. The van der Waals surface area contributed by atoms with Gasteiger partial charge >= 0.3 is 30.3 Å². The molecule has 3 N–H and O–H groups in total. The van der Waals surface area contributed by atoms with Gasteiger partial charge in [-0.15, -0.1) is 0 Å². The fourth-order valence-corrected chi connectivity index (χ4v) is 3.82. The average Bonchev–Trinajstić information content (AvgIpc) is 2.82. The first kappa shape index (κ1) is 33.9. The molecule has 222 valence electrons. The molecular formula is C23H32F6N4O6. The number of carbonyl (C=O) groups is 3. The summed E-state index contributed by atoms with van der Waals surface area (Å²) in [7, 11) is 3.56. The van der Waals surface area contributed by atoms with E-state index in [-0.39, 0.29) is 17.7 Å². The largest absolute Gasteiger partial charge is 0.490 e. The summed E-state index contributed by atoms with van der Waals surface area (Å²) in [6.07, 6.45) is -4.43. The van der Waals surface area contributed by atoms with E-state index in [0.29, 0.717) is 0 Å². The number of rotatable bonds is 3. The molecule has 39 heavy (non-hydrogen) atoms. The van der Waals surface area contributed by atoms with E-state index >= 15 is 0 Å². The second kappa shape index (κ2) is 14.3.